The van der Waals surface area contributed by atoms with Crippen LogP contribution in [0.15, 0.2) is 24.3 Å². The fourth-order valence-corrected chi connectivity index (χ4v) is 1.85. The summed E-state index contributed by atoms with van der Waals surface area (Å²) in [5.41, 5.74) is 8.42. The molecule has 0 heterocycles. The lowest BCUT2D eigenvalue weighted by molar-refractivity contribution is 0.520. The molecule has 1 aromatic rings. The van der Waals surface area contributed by atoms with Gasteiger partial charge < -0.3 is 5.73 Å². The Morgan fingerprint density at radius 1 is 1.36 bits per heavy atom. The number of nitrogens with two attached hydrogens (primary N) is 1. The second-order valence-electron chi connectivity index (χ2n) is 4.18. The van der Waals surface area contributed by atoms with Gasteiger partial charge in [-0.3, -0.25) is 0 Å². The molecule has 0 aromatic heterocycles. The quantitative estimate of drug-likeness (QED) is 0.716. The molecule has 0 atom stereocenters. The third-order valence-electron chi connectivity index (χ3n) is 3.13. The van der Waals surface area contributed by atoms with E-state index in [-0.39, 0.29) is 0 Å². The van der Waals surface area contributed by atoms with Gasteiger partial charge >= 0.3 is 0 Å². The maximum absolute atomic E-state index is 5.76. The summed E-state index contributed by atoms with van der Waals surface area (Å²) >= 11 is 0. The van der Waals surface area contributed by atoms with Crippen molar-refractivity contribution in [1.29, 1.82) is 0 Å². The van der Waals surface area contributed by atoms with E-state index in [4.69, 9.17) is 12.2 Å². The van der Waals surface area contributed by atoms with Crippen LogP contribution in [0.25, 0.3) is 0 Å². The number of benzene rings is 1. The van der Waals surface area contributed by atoms with Crippen molar-refractivity contribution in [1.82, 2.24) is 0 Å². The predicted molar refractivity (Wildman–Crippen MR) is 58.8 cm³/mol. The number of rotatable bonds is 3. The monoisotopic (exact) mass is 185 g/mol. The largest absolute Gasteiger partial charge is 0.330 e. The molecule has 1 aliphatic rings. The highest BCUT2D eigenvalue weighted by Gasteiger charge is 2.41. The van der Waals surface area contributed by atoms with Crippen LogP contribution in [0, 0.1) is 17.8 Å². The molecule has 1 fully saturated rings. The maximum Gasteiger partial charge on any atom is 0.0274 e. The minimum absolute atomic E-state index is 0.368. The van der Waals surface area contributed by atoms with Crippen LogP contribution >= 0.6 is 0 Å². The SMILES string of the molecule is C#Cc1ccccc1CC1(CN)CC1. The summed E-state index contributed by atoms with van der Waals surface area (Å²) in [7, 11) is 0. The molecule has 0 amide bonds. The Morgan fingerprint density at radius 3 is 2.64 bits per heavy atom. The summed E-state index contributed by atoms with van der Waals surface area (Å²) in [6.07, 6.45) is 9.00. The van der Waals surface area contributed by atoms with E-state index in [0.29, 0.717) is 5.41 Å². The molecular formula is C13H15N. The highest BCUT2D eigenvalue weighted by Crippen LogP contribution is 2.47. The lowest BCUT2D eigenvalue weighted by Gasteiger charge is -2.13. The summed E-state index contributed by atoms with van der Waals surface area (Å²) in [6.45, 7) is 0.784. The van der Waals surface area contributed by atoms with Crippen molar-refractivity contribution in [2.75, 3.05) is 6.54 Å². The Kier molecular flexibility index (Phi) is 2.31. The molecule has 0 spiro atoms. The minimum Gasteiger partial charge on any atom is -0.330 e. The Labute approximate surface area is 85.3 Å². The van der Waals surface area contributed by atoms with E-state index < -0.39 is 0 Å². The fraction of sp³-hybridized carbons (Fsp3) is 0.385. The van der Waals surface area contributed by atoms with Crippen molar-refractivity contribution in [3.63, 3.8) is 0 Å². The van der Waals surface area contributed by atoms with E-state index in [1.807, 2.05) is 18.2 Å². The molecule has 1 aliphatic carbocycles. The molecule has 14 heavy (non-hydrogen) atoms. The minimum atomic E-state index is 0.368. The molecule has 0 bridgehead atoms. The molecular weight excluding hydrogens is 170 g/mol. The zero-order valence-electron chi connectivity index (χ0n) is 8.29. The summed E-state index contributed by atoms with van der Waals surface area (Å²) < 4.78 is 0. The number of hydrogen-bond acceptors (Lipinski definition) is 1. The van der Waals surface area contributed by atoms with Gasteiger partial charge in [0.1, 0.15) is 0 Å². The average Bonchev–Trinajstić information content (AvgIpc) is 2.99. The van der Waals surface area contributed by atoms with E-state index in [2.05, 4.69) is 12.0 Å². The van der Waals surface area contributed by atoms with Crippen LogP contribution in [-0.4, -0.2) is 6.54 Å². The van der Waals surface area contributed by atoms with Gasteiger partial charge in [-0.1, -0.05) is 24.1 Å². The van der Waals surface area contributed by atoms with Gasteiger partial charge in [-0.25, -0.2) is 0 Å². The zero-order valence-corrected chi connectivity index (χ0v) is 8.29. The highest BCUT2D eigenvalue weighted by atomic mass is 14.6. The smallest absolute Gasteiger partial charge is 0.0274 e. The summed E-state index contributed by atoms with van der Waals surface area (Å²) in [4.78, 5) is 0. The molecule has 1 aromatic carbocycles. The Balaban J connectivity index is 2.21. The van der Waals surface area contributed by atoms with Crippen LogP contribution in [0.4, 0.5) is 0 Å². The molecule has 0 unspecified atom stereocenters. The molecule has 2 rings (SSSR count). The van der Waals surface area contributed by atoms with Crippen molar-refractivity contribution in [2.24, 2.45) is 11.1 Å². The molecule has 1 nitrogen and oxygen atoms in total. The van der Waals surface area contributed by atoms with Gasteiger partial charge in [0.05, 0.1) is 0 Å². The lowest BCUT2D eigenvalue weighted by Crippen LogP contribution is -2.18. The van der Waals surface area contributed by atoms with Gasteiger partial charge in [0.25, 0.3) is 0 Å². The first-order chi connectivity index (χ1) is 6.79. The van der Waals surface area contributed by atoms with E-state index in [1.165, 1.54) is 18.4 Å². The third-order valence-corrected chi connectivity index (χ3v) is 3.13. The Morgan fingerprint density at radius 2 is 2.07 bits per heavy atom. The van der Waals surface area contributed by atoms with Crippen LogP contribution in [0.1, 0.15) is 24.0 Å². The molecule has 0 saturated heterocycles. The van der Waals surface area contributed by atoms with Crippen LogP contribution in [0.3, 0.4) is 0 Å². The van der Waals surface area contributed by atoms with Crippen molar-refractivity contribution in [2.45, 2.75) is 19.3 Å². The van der Waals surface area contributed by atoms with Crippen LogP contribution in [0.2, 0.25) is 0 Å². The van der Waals surface area contributed by atoms with Gasteiger partial charge in [-0.15, -0.1) is 6.42 Å². The standard InChI is InChI=1S/C13H15N/c1-2-11-5-3-4-6-12(11)9-13(10-14)7-8-13/h1,3-6H,7-10,14H2. The predicted octanol–water partition coefficient (Wildman–Crippen LogP) is 1.95. The first-order valence-corrected chi connectivity index (χ1v) is 5.04. The first kappa shape index (κ1) is 9.30. The Hall–Kier alpha value is -1.26. The van der Waals surface area contributed by atoms with E-state index >= 15 is 0 Å². The van der Waals surface area contributed by atoms with E-state index in [0.717, 1.165) is 18.5 Å². The van der Waals surface area contributed by atoms with Gasteiger partial charge in [0.2, 0.25) is 0 Å². The normalized spacial score (nSPS) is 17.4. The van der Waals surface area contributed by atoms with Gasteiger partial charge in [-0.2, -0.15) is 0 Å². The van der Waals surface area contributed by atoms with Crippen molar-refractivity contribution in [3.8, 4) is 12.3 Å². The molecule has 1 heteroatoms. The van der Waals surface area contributed by atoms with E-state index in [1.54, 1.807) is 0 Å². The van der Waals surface area contributed by atoms with Crippen LogP contribution < -0.4 is 5.73 Å². The molecule has 1 saturated carbocycles. The zero-order chi connectivity index (χ0) is 10.0. The summed E-state index contributed by atoms with van der Waals surface area (Å²) in [6, 6.07) is 8.15. The van der Waals surface area contributed by atoms with Gasteiger partial charge in [0, 0.05) is 5.56 Å². The summed E-state index contributed by atoms with van der Waals surface area (Å²) in [5, 5.41) is 0. The molecule has 0 aliphatic heterocycles. The van der Waals surface area contributed by atoms with E-state index in [9.17, 15) is 0 Å². The summed E-state index contributed by atoms with van der Waals surface area (Å²) in [5.74, 6) is 2.73. The molecule has 0 radical (unpaired) electrons. The van der Waals surface area contributed by atoms with Crippen molar-refractivity contribution in [3.05, 3.63) is 35.4 Å². The molecule has 2 N–H and O–H groups in total. The first-order valence-electron chi connectivity index (χ1n) is 5.04. The number of terminal acetylenes is 1. The average molecular weight is 185 g/mol. The second kappa shape index (κ2) is 3.48. The molecule has 72 valence electrons. The van der Waals surface area contributed by atoms with Crippen molar-refractivity contribution < 1.29 is 0 Å². The topological polar surface area (TPSA) is 26.0 Å². The lowest BCUT2D eigenvalue weighted by atomic mass is 9.93. The third kappa shape index (κ3) is 1.66. The maximum atomic E-state index is 5.76. The van der Waals surface area contributed by atoms with Crippen LogP contribution in [-0.2, 0) is 6.42 Å². The van der Waals surface area contributed by atoms with Gasteiger partial charge in [-0.05, 0) is 42.9 Å². The fourth-order valence-electron chi connectivity index (χ4n) is 1.85. The van der Waals surface area contributed by atoms with Gasteiger partial charge in [0.15, 0.2) is 0 Å². The number of hydrogen-bond donors (Lipinski definition) is 1. The Bertz CT molecular complexity index is 369. The highest BCUT2D eigenvalue weighted by molar-refractivity contribution is 5.40. The van der Waals surface area contributed by atoms with Crippen molar-refractivity contribution >= 4 is 0 Å². The van der Waals surface area contributed by atoms with Crippen LogP contribution in [0.5, 0.6) is 0 Å². The second-order valence-corrected chi connectivity index (χ2v) is 4.18.